The number of hydrogen-bond acceptors (Lipinski definition) is 2. The summed E-state index contributed by atoms with van der Waals surface area (Å²) in [4.78, 5) is 2.51. The first-order chi connectivity index (χ1) is 16.9. The molecule has 0 saturated carbocycles. The highest BCUT2D eigenvalue weighted by atomic mass is 32.2. The average Bonchev–Trinajstić information content (AvgIpc) is 2.92. The first kappa shape index (κ1) is 22.6. The molecular weight excluding hydrogens is 448 g/mol. The maximum atomic E-state index is 3.66. The van der Waals surface area contributed by atoms with E-state index in [2.05, 4.69) is 133 Å². The van der Waals surface area contributed by atoms with Crippen LogP contribution in [0.5, 0.6) is 0 Å². The lowest BCUT2D eigenvalue weighted by Crippen LogP contribution is -1.93. The van der Waals surface area contributed by atoms with E-state index in [1.807, 2.05) is 23.5 Å². The van der Waals surface area contributed by atoms with Crippen LogP contribution in [0.4, 0.5) is 0 Å². The van der Waals surface area contributed by atoms with Gasteiger partial charge in [-0.05, 0) is 39.9 Å². The normalized spacial score (nSPS) is 10.8. The highest BCUT2D eigenvalue weighted by molar-refractivity contribution is 8.01. The van der Waals surface area contributed by atoms with E-state index < -0.39 is 0 Å². The second-order valence-electron chi connectivity index (χ2n) is 8.02. The van der Waals surface area contributed by atoms with Crippen molar-refractivity contribution < 1.29 is 0 Å². The molecule has 0 atom stereocenters. The lowest BCUT2D eigenvalue weighted by Gasteiger charge is -2.19. The fourth-order valence-corrected chi connectivity index (χ4v) is 6.25. The second-order valence-corrected chi connectivity index (χ2v) is 9.99. The number of benzene rings is 5. The van der Waals surface area contributed by atoms with Gasteiger partial charge in [0, 0.05) is 26.9 Å². The van der Waals surface area contributed by atoms with Crippen LogP contribution in [0.1, 0.15) is 11.1 Å². The maximum absolute atomic E-state index is 3.66. The van der Waals surface area contributed by atoms with E-state index >= 15 is 0 Å². The van der Waals surface area contributed by atoms with Gasteiger partial charge in [0.05, 0.1) is 0 Å². The van der Waals surface area contributed by atoms with Gasteiger partial charge >= 0.3 is 0 Å². The third-order valence-corrected chi connectivity index (χ3v) is 8.04. The fourth-order valence-electron chi connectivity index (χ4n) is 3.95. The molecule has 2 heteroatoms. The van der Waals surface area contributed by atoms with E-state index in [0.717, 1.165) is 11.5 Å². The molecule has 0 saturated heterocycles. The summed E-state index contributed by atoms with van der Waals surface area (Å²) in [5.41, 5.74) is 7.64. The summed E-state index contributed by atoms with van der Waals surface area (Å²) < 4.78 is 0. The van der Waals surface area contributed by atoms with Crippen LogP contribution < -0.4 is 0 Å². The molecule has 0 aliphatic carbocycles. The summed E-state index contributed by atoms with van der Waals surface area (Å²) >= 11 is 3.79. The van der Waals surface area contributed by atoms with Crippen LogP contribution in [0.3, 0.4) is 0 Å². The summed E-state index contributed by atoms with van der Waals surface area (Å²) in [6.45, 7) is 0. The third-order valence-electron chi connectivity index (χ3n) is 5.65. The molecule has 0 N–H and O–H groups in total. The molecule has 165 valence electrons. The van der Waals surface area contributed by atoms with E-state index in [0.29, 0.717) is 0 Å². The second kappa shape index (κ2) is 11.3. The monoisotopic (exact) mass is 473 g/mol. The van der Waals surface area contributed by atoms with Crippen LogP contribution in [0.25, 0.3) is 22.3 Å². The predicted molar refractivity (Wildman–Crippen MR) is 148 cm³/mol. The van der Waals surface area contributed by atoms with Crippen molar-refractivity contribution in [3.8, 4) is 22.3 Å². The van der Waals surface area contributed by atoms with E-state index in [9.17, 15) is 0 Å². The molecule has 0 amide bonds. The Labute approximate surface area is 211 Å². The van der Waals surface area contributed by atoms with Crippen molar-refractivity contribution in [3.05, 3.63) is 145 Å². The Morgan fingerprint density at radius 1 is 0.500 bits per heavy atom. The summed E-state index contributed by atoms with van der Waals surface area (Å²) in [5.74, 6) is 1.85. The third kappa shape index (κ3) is 5.47. The summed E-state index contributed by atoms with van der Waals surface area (Å²) in [6.07, 6.45) is 0. The van der Waals surface area contributed by atoms with Gasteiger partial charge < -0.3 is 0 Å². The van der Waals surface area contributed by atoms with Gasteiger partial charge in [0.1, 0.15) is 0 Å². The Hall–Kier alpha value is -3.20. The van der Waals surface area contributed by atoms with Gasteiger partial charge in [-0.25, -0.2) is 0 Å². The Balaban J connectivity index is 1.61. The summed E-state index contributed by atoms with van der Waals surface area (Å²) in [7, 11) is 0. The predicted octanol–water partition coefficient (Wildman–Crippen LogP) is 9.41. The van der Waals surface area contributed by atoms with Crippen molar-refractivity contribution in [3.63, 3.8) is 0 Å². The van der Waals surface area contributed by atoms with Crippen LogP contribution in [-0.4, -0.2) is 0 Å². The van der Waals surface area contributed by atoms with Gasteiger partial charge in [0.25, 0.3) is 0 Å². The average molecular weight is 474 g/mol. The van der Waals surface area contributed by atoms with Crippen molar-refractivity contribution in [1.82, 2.24) is 0 Å². The SMILES string of the molecule is [c]1cc(-c2ccccc2)c(-c2ccccc2)c(SCc2ccccc2)c1SCc1ccccc1. The summed E-state index contributed by atoms with van der Waals surface area (Å²) in [5, 5.41) is 0. The molecule has 0 aliphatic rings. The van der Waals surface area contributed by atoms with Crippen molar-refractivity contribution >= 4 is 23.5 Å². The molecule has 5 aromatic carbocycles. The van der Waals surface area contributed by atoms with Crippen molar-refractivity contribution in [1.29, 1.82) is 0 Å². The molecule has 0 unspecified atom stereocenters. The topological polar surface area (TPSA) is 0 Å². The molecule has 0 aliphatic heterocycles. The minimum atomic E-state index is 0.922. The summed E-state index contributed by atoms with van der Waals surface area (Å²) in [6, 6.07) is 48.7. The van der Waals surface area contributed by atoms with E-state index in [1.165, 1.54) is 43.2 Å². The first-order valence-electron chi connectivity index (χ1n) is 11.4. The Morgan fingerprint density at radius 2 is 0.971 bits per heavy atom. The van der Waals surface area contributed by atoms with Crippen molar-refractivity contribution in [2.24, 2.45) is 0 Å². The van der Waals surface area contributed by atoms with Gasteiger partial charge in [-0.1, -0.05) is 121 Å². The van der Waals surface area contributed by atoms with Crippen LogP contribution in [0.2, 0.25) is 0 Å². The van der Waals surface area contributed by atoms with Gasteiger partial charge in [-0.2, -0.15) is 0 Å². The lowest BCUT2D eigenvalue weighted by atomic mass is 9.94. The number of hydrogen-bond donors (Lipinski definition) is 0. The molecule has 5 aromatic rings. The zero-order chi connectivity index (χ0) is 23.0. The molecule has 1 radical (unpaired) electrons. The van der Waals surface area contributed by atoms with E-state index in [4.69, 9.17) is 0 Å². The van der Waals surface area contributed by atoms with Gasteiger partial charge in [0.2, 0.25) is 0 Å². The lowest BCUT2D eigenvalue weighted by molar-refractivity contribution is 1.22. The molecule has 0 aromatic heterocycles. The fraction of sp³-hybridized carbons (Fsp3) is 0.0625. The van der Waals surface area contributed by atoms with Gasteiger partial charge in [0.15, 0.2) is 0 Å². The Morgan fingerprint density at radius 3 is 1.53 bits per heavy atom. The largest absolute Gasteiger partial charge is 0.120 e. The Bertz CT molecular complexity index is 1320. The molecule has 0 nitrogen and oxygen atoms in total. The Kier molecular flexibility index (Phi) is 7.50. The number of rotatable bonds is 8. The smallest absolute Gasteiger partial charge is 0.0302 e. The van der Waals surface area contributed by atoms with Crippen LogP contribution >= 0.6 is 23.5 Å². The minimum absolute atomic E-state index is 0.922. The molecule has 0 spiro atoms. The standard InChI is InChI=1S/C32H25S2/c1-5-13-25(14-6-1)23-33-30-22-21-29(27-17-9-3-10-18-27)31(28-19-11-4-12-20-28)32(30)34-24-26-15-7-2-8-16-26/h1-21H,23-24H2. The molecule has 0 bridgehead atoms. The molecular formula is C32H25S2. The molecule has 5 rings (SSSR count). The van der Waals surface area contributed by atoms with Gasteiger partial charge in [-0.15, -0.1) is 23.5 Å². The highest BCUT2D eigenvalue weighted by Crippen LogP contribution is 2.45. The minimum Gasteiger partial charge on any atom is -0.120 e. The zero-order valence-corrected chi connectivity index (χ0v) is 20.5. The molecule has 0 heterocycles. The van der Waals surface area contributed by atoms with Crippen LogP contribution in [-0.2, 0) is 11.5 Å². The van der Waals surface area contributed by atoms with Crippen LogP contribution in [0.15, 0.2) is 137 Å². The van der Waals surface area contributed by atoms with E-state index in [1.54, 1.807) is 0 Å². The zero-order valence-electron chi connectivity index (χ0n) is 18.9. The molecule has 0 fully saturated rings. The van der Waals surface area contributed by atoms with Crippen molar-refractivity contribution in [2.45, 2.75) is 21.3 Å². The van der Waals surface area contributed by atoms with Gasteiger partial charge in [-0.3, -0.25) is 0 Å². The first-order valence-corrected chi connectivity index (χ1v) is 13.4. The highest BCUT2D eigenvalue weighted by Gasteiger charge is 2.18. The number of thioether (sulfide) groups is 2. The maximum Gasteiger partial charge on any atom is 0.0302 e. The van der Waals surface area contributed by atoms with Crippen molar-refractivity contribution in [2.75, 3.05) is 0 Å². The quantitative estimate of drug-likeness (QED) is 0.206. The molecule has 34 heavy (non-hydrogen) atoms. The van der Waals surface area contributed by atoms with E-state index in [-0.39, 0.29) is 0 Å². The van der Waals surface area contributed by atoms with Crippen LogP contribution in [0, 0.1) is 6.07 Å².